The van der Waals surface area contributed by atoms with Crippen LogP contribution in [-0.4, -0.2) is 32.5 Å². The van der Waals surface area contributed by atoms with Crippen molar-refractivity contribution in [3.63, 3.8) is 0 Å². The molecule has 2 aliphatic carbocycles. The topological polar surface area (TPSA) is 90.0 Å². The minimum Gasteiger partial charge on any atom is -0.281 e. The van der Waals surface area contributed by atoms with Crippen LogP contribution in [0.3, 0.4) is 0 Å². The quantitative estimate of drug-likeness (QED) is 0.116. The zero-order valence-corrected chi connectivity index (χ0v) is 32.8. The van der Waals surface area contributed by atoms with Gasteiger partial charge in [0.2, 0.25) is 0 Å². The Kier molecular flexibility index (Phi) is 9.95. The van der Waals surface area contributed by atoms with E-state index in [1.807, 2.05) is 5.38 Å². The lowest BCUT2D eigenvalue weighted by Gasteiger charge is -2.16. The lowest BCUT2D eigenvalue weighted by atomic mass is 9.94. The zero-order valence-electron chi connectivity index (χ0n) is 27.3. The van der Waals surface area contributed by atoms with Gasteiger partial charge in [0, 0.05) is 21.2 Å². The number of thiophene rings is 2. The smallest absolute Gasteiger partial charge is 0.281 e. The molecule has 0 unspecified atom stereocenters. The van der Waals surface area contributed by atoms with Crippen molar-refractivity contribution in [3.8, 4) is 32.5 Å². The summed E-state index contributed by atoms with van der Waals surface area (Å²) < 4.78 is 68.7. The number of benzene rings is 2. The van der Waals surface area contributed by atoms with Crippen LogP contribution in [0.25, 0.3) is 44.2 Å². The van der Waals surface area contributed by atoms with E-state index in [0.29, 0.717) is 86.7 Å². The number of nitrogens with zero attached hydrogens (tertiary/aromatic N) is 4. The second-order valence-corrected chi connectivity index (χ2v) is 17.9. The first-order valence-electron chi connectivity index (χ1n) is 16.4. The maximum absolute atomic E-state index is 16.0. The fourth-order valence-corrected chi connectivity index (χ4v) is 10.8. The van der Waals surface area contributed by atoms with Crippen LogP contribution >= 0.6 is 69.1 Å². The third-order valence-electron chi connectivity index (χ3n) is 9.26. The highest BCUT2D eigenvalue weighted by Gasteiger charge is 2.32. The summed E-state index contributed by atoms with van der Waals surface area (Å²) in [5.74, 6) is -1.03. The van der Waals surface area contributed by atoms with Crippen LogP contribution in [0.4, 0.5) is 8.78 Å². The SMILES string of the molecule is O=S(=O)(O)c1cc2c(s1)-c1c(c(/C(F)=C/CCC/C=C(\F)c3nn(-c4ccc(Cl)cc4Cl)c4c3CCc3ccsc3-4)nn1-c1ccc(Cl)cc1Cl)CC2. The standard InChI is InChI=1S/C37H26Cl4F2N4O3S3/c38-21-8-12-29(25(40)17-21)46-34-23(10-6-19-14-15-51-36(19)34)32(44-46)27(42)4-2-1-3-5-28(43)33-24-11-7-20-16-31(53(48,49)50)52-37(20)35(24)47(45-33)30-13-9-22(39)18-26(30)41/h4-5,8-9,12-18H,1-3,6-7,10-11H2,(H,48,49,50)/b27-4-,28-5-. The molecule has 8 rings (SSSR count). The number of aromatic nitrogens is 4. The van der Waals surface area contributed by atoms with Crippen molar-refractivity contribution in [1.29, 1.82) is 0 Å². The average Bonchev–Trinajstić information content (AvgIpc) is 3.91. The predicted molar refractivity (Wildman–Crippen MR) is 210 cm³/mol. The van der Waals surface area contributed by atoms with Gasteiger partial charge in [0.05, 0.1) is 42.6 Å². The molecule has 0 bridgehead atoms. The molecular weight excluding hydrogens is 824 g/mol. The Morgan fingerprint density at radius 3 is 1.81 bits per heavy atom. The highest BCUT2D eigenvalue weighted by molar-refractivity contribution is 7.88. The lowest BCUT2D eigenvalue weighted by molar-refractivity contribution is 0.485. The van der Waals surface area contributed by atoms with E-state index in [2.05, 4.69) is 11.2 Å². The molecule has 0 radical (unpaired) electrons. The monoisotopic (exact) mass is 848 g/mol. The third kappa shape index (κ3) is 6.82. The molecule has 4 aromatic heterocycles. The molecule has 0 amide bonds. The second-order valence-electron chi connectivity index (χ2n) is 12.6. The Bertz CT molecular complexity index is 2620. The molecule has 16 heteroatoms. The number of hydrogen-bond acceptors (Lipinski definition) is 6. The molecule has 0 spiro atoms. The summed E-state index contributed by atoms with van der Waals surface area (Å²) >= 11 is 27.9. The molecule has 6 aromatic rings. The van der Waals surface area contributed by atoms with Crippen LogP contribution in [0.2, 0.25) is 20.1 Å². The van der Waals surface area contributed by atoms with Crippen molar-refractivity contribution < 1.29 is 21.8 Å². The maximum atomic E-state index is 16.0. The Morgan fingerprint density at radius 1 is 0.755 bits per heavy atom. The summed E-state index contributed by atoms with van der Waals surface area (Å²) in [5.41, 5.74) is 5.98. The molecule has 2 aliphatic rings. The van der Waals surface area contributed by atoms with Crippen LogP contribution in [0.1, 0.15) is 52.9 Å². The van der Waals surface area contributed by atoms with Gasteiger partial charge >= 0.3 is 10.1 Å². The van der Waals surface area contributed by atoms with Crippen molar-refractivity contribution in [3.05, 3.63) is 120 Å². The lowest BCUT2D eigenvalue weighted by Crippen LogP contribution is -2.05. The molecule has 272 valence electrons. The molecule has 0 fully saturated rings. The summed E-state index contributed by atoms with van der Waals surface area (Å²) in [5, 5.41) is 12.9. The van der Waals surface area contributed by atoms with Gasteiger partial charge in [0.25, 0.3) is 0 Å². The number of fused-ring (bicyclic) bond motifs is 6. The summed E-state index contributed by atoms with van der Waals surface area (Å²) in [6.07, 6.45) is 6.17. The van der Waals surface area contributed by atoms with Crippen molar-refractivity contribution in [1.82, 2.24) is 19.6 Å². The first kappa shape index (κ1) is 36.6. The number of halogens is 6. The van der Waals surface area contributed by atoms with Crippen LogP contribution in [0, 0.1) is 0 Å². The summed E-state index contributed by atoms with van der Waals surface area (Å²) in [6.45, 7) is 0. The van der Waals surface area contributed by atoms with E-state index in [0.717, 1.165) is 33.9 Å². The molecular formula is C37H26Cl4F2N4O3S3. The summed E-state index contributed by atoms with van der Waals surface area (Å²) in [6, 6.07) is 13.5. The van der Waals surface area contributed by atoms with E-state index in [1.165, 1.54) is 28.5 Å². The number of aryl methyl sites for hydroxylation is 2. The Balaban J connectivity index is 1.07. The van der Waals surface area contributed by atoms with E-state index in [-0.39, 0.29) is 20.6 Å². The van der Waals surface area contributed by atoms with Crippen LogP contribution < -0.4 is 0 Å². The molecule has 1 N–H and O–H groups in total. The van der Waals surface area contributed by atoms with E-state index >= 15 is 8.78 Å². The van der Waals surface area contributed by atoms with Crippen LogP contribution in [-0.2, 0) is 35.8 Å². The van der Waals surface area contributed by atoms with Gasteiger partial charge in [0.1, 0.15) is 27.3 Å². The Morgan fingerprint density at radius 2 is 1.28 bits per heavy atom. The molecule has 0 saturated heterocycles. The van der Waals surface area contributed by atoms with E-state index in [9.17, 15) is 13.0 Å². The maximum Gasteiger partial charge on any atom is 0.304 e. The largest absolute Gasteiger partial charge is 0.304 e. The molecule has 53 heavy (non-hydrogen) atoms. The number of allylic oxidation sites excluding steroid dienone is 2. The Labute approximate surface area is 331 Å². The van der Waals surface area contributed by atoms with Crippen molar-refractivity contribution in [2.45, 2.75) is 49.2 Å². The highest BCUT2D eigenvalue weighted by atomic mass is 35.5. The molecule has 2 aromatic carbocycles. The minimum absolute atomic E-state index is 0.103. The van der Waals surface area contributed by atoms with Gasteiger partial charge in [-0.15, -0.1) is 22.7 Å². The Hall–Kier alpha value is -3.33. The molecule has 0 aliphatic heterocycles. The minimum atomic E-state index is -4.46. The van der Waals surface area contributed by atoms with Gasteiger partial charge in [-0.05, 0) is 122 Å². The summed E-state index contributed by atoms with van der Waals surface area (Å²) in [7, 11) is -4.46. The number of hydrogen-bond donors (Lipinski definition) is 1. The normalized spacial score (nSPS) is 14.2. The molecule has 0 atom stereocenters. The van der Waals surface area contributed by atoms with E-state index in [4.69, 9.17) is 51.5 Å². The van der Waals surface area contributed by atoms with Gasteiger partial charge in [-0.1, -0.05) is 46.4 Å². The predicted octanol–water partition coefficient (Wildman–Crippen LogP) is 12.1. The van der Waals surface area contributed by atoms with Crippen molar-refractivity contribution in [2.24, 2.45) is 0 Å². The fourth-order valence-electron chi connectivity index (χ4n) is 6.82. The van der Waals surface area contributed by atoms with E-state index in [1.54, 1.807) is 52.4 Å². The van der Waals surface area contributed by atoms with Gasteiger partial charge in [-0.25, -0.2) is 18.1 Å². The van der Waals surface area contributed by atoms with Gasteiger partial charge in [0.15, 0.2) is 0 Å². The van der Waals surface area contributed by atoms with Crippen LogP contribution in [0.5, 0.6) is 0 Å². The third-order valence-corrected chi connectivity index (χ3v) is 13.8. The second kappa shape index (κ2) is 14.4. The van der Waals surface area contributed by atoms with Crippen molar-refractivity contribution in [2.75, 3.05) is 0 Å². The first-order chi connectivity index (χ1) is 25.4. The van der Waals surface area contributed by atoms with Gasteiger partial charge in [-0.3, -0.25) is 4.55 Å². The zero-order chi connectivity index (χ0) is 37.2. The first-order valence-corrected chi connectivity index (χ1v) is 21.1. The number of rotatable bonds is 9. The van der Waals surface area contributed by atoms with Crippen LogP contribution in [0.15, 0.2) is 70.3 Å². The fraction of sp³-hybridized carbons (Fsp3) is 0.189. The molecule has 0 saturated carbocycles. The van der Waals surface area contributed by atoms with Gasteiger partial charge < -0.3 is 0 Å². The molecule has 4 heterocycles. The van der Waals surface area contributed by atoms with Crippen molar-refractivity contribution >= 4 is 90.8 Å². The van der Waals surface area contributed by atoms with Gasteiger partial charge in [-0.2, -0.15) is 18.6 Å². The average molecular weight is 851 g/mol. The highest BCUT2D eigenvalue weighted by Crippen LogP contribution is 2.46. The number of unbranched alkanes of at least 4 members (excludes halogenated alkanes) is 2. The summed E-state index contributed by atoms with van der Waals surface area (Å²) in [4.78, 5) is 1.58. The molecule has 7 nitrogen and oxygen atoms in total. The van der Waals surface area contributed by atoms with E-state index < -0.39 is 21.8 Å².